The highest BCUT2D eigenvalue weighted by Crippen LogP contribution is 2.46. The van der Waals surface area contributed by atoms with Gasteiger partial charge in [-0.1, -0.05) is 74.7 Å². The summed E-state index contributed by atoms with van der Waals surface area (Å²) in [7, 11) is 0. The van der Waals surface area contributed by atoms with Crippen molar-refractivity contribution in [1.82, 2.24) is 9.88 Å². The Labute approximate surface area is 320 Å². The standard InChI is InChI=1S/C46H57N3O5/c1-2-45(17-6-7-18-45)19-16-39-27-38(50)13-10-32-11-14-41(51)42(24-32)54-31-35-26-37(46(20-22-52-23-21-46)36-8-4-3-5-9-36)25-34-28-49(29-40(34)35)44-33(30-53-39)12-15-43(47)48-44/h3-5,8-9,11-12,14-15,24-26,28-29,38-39,43,48,50-51H,2,6-7,10,13,16-23,27,30-31,47H2,1H3. The largest absolute Gasteiger partial charge is 0.504 e. The van der Waals surface area contributed by atoms with E-state index in [0.717, 1.165) is 59.0 Å². The number of phenols is 1. The average molecular weight is 732 g/mol. The second-order valence-electron chi connectivity index (χ2n) is 16.3. The molecule has 5 N–H and O–H groups in total. The van der Waals surface area contributed by atoms with Gasteiger partial charge in [-0.15, -0.1) is 0 Å². The van der Waals surface area contributed by atoms with E-state index in [2.05, 4.69) is 77.7 Å². The van der Waals surface area contributed by atoms with Crippen LogP contribution in [0.1, 0.15) is 99.8 Å². The van der Waals surface area contributed by atoms with Crippen LogP contribution in [0.3, 0.4) is 0 Å². The predicted molar refractivity (Wildman–Crippen MR) is 214 cm³/mol. The molecule has 4 heterocycles. The number of nitrogens with zero attached hydrogens (tertiary/aromatic N) is 1. The molecule has 1 aromatic heterocycles. The van der Waals surface area contributed by atoms with Crippen molar-refractivity contribution in [3.8, 4) is 11.5 Å². The molecule has 3 atom stereocenters. The maximum Gasteiger partial charge on any atom is 0.161 e. The predicted octanol–water partition coefficient (Wildman–Crippen LogP) is 8.47. The zero-order chi connectivity index (χ0) is 37.1. The third kappa shape index (κ3) is 7.72. The fourth-order valence-electron chi connectivity index (χ4n) is 9.62. The van der Waals surface area contributed by atoms with Crippen molar-refractivity contribution in [1.29, 1.82) is 0 Å². The summed E-state index contributed by atoms with van der Waals surface area (Å²) < 4.78 is 21.4. The van der Waals surface area contributed by atoms with Crippen molar-refractivity contribution in [3.63, 3.8) is 0 Å². The lowest BCUT2D eigenvalue weighted by atomic mass is 9.68. The van der Waals surface area contributed by atoms with Crippen molar-refractivity contribution < 1.29 is 24.4 Å². The van der Waals surface area contributed by atoms with Gasteiger partial charge in [0.1, 0.15) is 12.4 Å². The highest BCUT2D eigenvalue weighted by molar-refractivity contribution is 5.88. The number of aryl methyl sites for hydroxylation is 1. The molecule has 0 radical (unpaired) electrons. The molecule has 54 heavy (non-hydrogen) atoms. The van der Waals surface area contributed by atoms with Crippen molar-refractivity contribution in [2.75, 3.05) is 19.8 Å². The van der Waals surface area contributed by atoms with E-state index in [4.69, 9.17) is 19.9 Å². The van der Waals surface area contributed by atoms with Gasteiger partial charge in [0.05, 0.1) is 25.0 Å². The monoisotopic (exact) mass is 731 g/mol. The Bertz CT molecular complexity index is 1970. The second-order valence-corrected chi connectivity index (χ2v) is 16.3. The summed E-state index contributed by atoms with van der Waals surface area (Å²) >= 11 is 0. The van der Waals surface area contributed by atoms with Gasteiger partial charge in [-0.05, 0) is 110 Å². The maximum atomic E-state index is 11.4. The zero-order valence-electron chi connectivity index (χ0n) is 31.8. The minimum absolute atomic E-state index is 0.0779. The van der Waals surface area contributed by atoms with E-state index in [9.17, 15) is 10.2 Å². The highest BCUT2D eigenvalue weighted by atomic mass is 16.5. The van der Waals surface area contributed by atoms with Crippen LogP contribution in [0.25, 0.3) is 16.6 Å². The van der Waals surface area contributed by atoms with Gasteiger partial charge in [0.25, 0.3) is 0 Å². The molecule has 1 saturated carbocycles. The molecule has 3 aromatic carbocycles. The number of nitrogens with one attached hydrogen (secondary N) is 1. The summed E-state index contributed by atoms with van der Waals surface area (Å²) in [5.41, 5.74) is 12.3. The van der Waals surface area contributed by atoms with Crippen LogP contribution in [-0.2, 0) is 27.9 Å². The molecule has 3 unspecified atom stereocenters. The maximum absolute atomic E-state index is 11.4. The van der Waals surface area contributed by atoms with Gasteiger partial charge in [0.2, 0.25) is 0 Å². The molecule has 0 spiro atoms. The van der Waals surface area contributed by atoms with Gasteiger partial charge >= 0.3 is 0 Å². The van der Waals surface area contributed by atoms with Crippen LogP contribution in [0.4, 0.5) is 0 Å². The average Bonchev–Trinajstić information content (AvgIpc) is 3.87. The number of hydrogen-bond donors (Lipinski definition) is 4. The first-order valence-corrected chi connectivity index (χ1v) is 20.3. The minimum atomic E-state index is -0.514. The number of fused-ring (bicyclic) bond motifs is 4. The van der Waals surface area contributed by atoms with Gasteiger partial charge in [0.15, 0.2) is 11.5 Å². The lowest BCUT2D eigenvalue weighted by Gasteiger charge is -2.39. The highest BCUT2D eigenvalue weighted by Gasteiger charge is 2.37. The lowest BCUT2D eigenvalue weighted by molar-refractivity contribution is 0.0101. The molecule has 286 valence electrons. The van der Waals surface area contributed by atoms with Crippen LogP contribution < -0.4 is 15.8 Å². The molecule has 4 bridgehead atoms. The summed E-state index contributed by atoms with van der Waals surface area (Å²) in [6.07, 6.45) is 19.5. The van der Waals surface area contributed by atoms with E-state index >= 15 is 0 Å². The third-order valence-electron chi connectivity index (χ3n) is 13.0. The quantitative estimate of drug-likeness (QED) is 0.158. The molecule has 3 aliphatic heterocycles. The number of aliphatic hydroxyl groups excluding tert-OH is 1. The molecule has 1 aliphatic carbocycles. The van der Waals surface area contributed by atoms with Crippen LogP contribution in [0, 0.1) is 5.41 Å². The lowest BCUT2D eigenvalue weighted by Crippen LogP contribution is -2.38. The Morgan fingerprint density at radius 2 is 1.76 bits per heavy atom. The first kappa shape index (κ1) is 36.9. The van der Waals surface area contributed by atoms with E-state index < -0.39 is 6.10 Å². The van der Waals surface area contributed by atoms with Crippen LogP contribution >= 0.6 is 0 Å². The molecule has 0 amide bonds. The van der Waals surface area contributed by atoms with Crippen LogP contribution in [0.5, 0.6) is 11.5 Å². The van der Waals surface area contributed by atoms with E-state index in [0.29, 0.717) is 50.2 Å². The number of nitrogens with two attached hydrogens (primary N) is 1. The summed E-state index contributed by atoms with van der Waals surface area (Å²) in [6, 6.07) is 21.0. The topological polar surface area (TPSA) is 111 Å². The third-order valence-corrected chi connectivity index (χ3v) is 13.0. The smallest absolute Gasteiger partial charge is 0.161 e. The van der Waals surface area contributed by atoms with Crippen molar-refractivity contribution >= 4 is 16.6 Å². The number of dihydropyridines is 1. The van der Waals surface area contributed by atoms with Crippen molar-refractivity contribution in [3.05, 3.63) is 113 Å². The van der Waals surface area contributed by atoms with Crippen molar-refractivity contribution in [2.24, 2.45) is 11.1 Å². The van der Waals surface area contributed by atoms with Crippen LogP contribution in [0.15, 0.2) is 90.8 Å². The van der Waals surface area contributed by atoms with Gasteiger partial charge in [-0.25, -0.2) is 0 Å². The second kappa shape index (κ2) is 16.0. The number of aromatic nitrogens is 1. The molecule has 1 saturated heterocycles. The fourth-order valence-corrected chi connectivity index (χ4v) is 9.62. The number of ether oxygens (including phenoxy) is 3. The Kier molecular flexibility index (Phi) is 10.9. The number of rotatable bonds is 6. The molecule has 8 nitrogen and oxygen atoms in total. The Balaban J connectivity index is 1.22. The molecular formula is C46H57N3O5. The molecule has 4 aliphatic rings. The molecule has 2 fully saturated rings. The van der Waals surface area contributed by atoms with E-state index in [1.807, 2.05) is 18.2 Å². The van der Waals surface area contributed by atoms with Gasteiger partial charge in [-0.3, -0.25) is 0 Å². The summed E-state index contributed by atoms with van der Waals surface area (Å²) in [5, 5.41) is 28.1. The first-order valence-electron chi connectivity index (χ1n) is 20.3. The minimum Gasteiger partial charge on any atom is -0.504 e. The van der Waals surface area contributed by atoms with E-state index in [-0.39, 0.29) is 30.0 Å². The summed E-state index contributed by atoms with van der Waals surface area (Å²) in [6.45, 7) is 4.41. The van der Waals surface area contributed by atoms with Crippen molar-refractivity contribution in [2.45, 2.75) is 114 Å². The Morgan fingerprint density at radius 3 is 2.56 bits per heavy atom. The Morgan fingerprint density at radius 1 is 0.944 bits per heavy atom. The number of benzene rings is 3. The SMILES string of the molecule is CCC1(CCC2CC(O)CCc3ccc(O)c(c3)OCc3cc(C4(c5ccccc5)CCOCC4)cc4cn(cc34)C3=C(C=CC(N)N3)CO2)CCCC1. The summed E-state index contributed by atoms with van der Waals surface area (Å²) in [5.74, 6) is 1.45. The molecule has 8 heteroatoms. The number of phenolic OH excluding ortho intramolecular Hbond substituents is 1. The molecular weight excluding hydrogens is 675 g/mol. The van der Waals surface area contributed by atoms with Gasteiger partial charge < -0.3 is 40.0 Å². The Hall–Kier alpha value is -4.08. The normalized spacial score (nSPS) is 24.4. The number of aromatic hydroxyl groups is 1. The molecule has 4 aromatic rings. The van der Waals surface area contributed by atoms with Crippen LogP contribution in [0.2, 0.25) is 0 Å². The molecule has 8 rings (SSSR count). The number of hydrogen-bond acceptors (Lipinski definition) is 7. The van der Waals surface area contributed by atoms with E-state index in [1.165, 1.54) is 43.2 Å². The zero-order valence-corrected chi connectivity index (χ0v) is 31.8. The van der Waals surface area contributed by atoms with Gasteiger partial charge in [-0.2, -0.15) is 0 Å². The van der Waals surface area contributed by atoms with Crippen LogP contribution in [-0.4, -0.2) is 53.0 Å². The number of aliphatic hydroxyl groups is 1. The fraction of sp³-hybridized carbons (Fsp3) is 0.478. The summed E-state index contributed by atoms with van der Waals surface area (Å²) in [4.78, 5) is 0. The first-order chi connectivity index (χ1) is 26.3. The van der Waals surface area contributed by atoms with Gasteiger partial charge in [0, 0.05) is 47.4 Å². The van der Waals surface area contributed by atoms with E-state index in [1.54, 1.807) is 6.07 Å².